The Bertz CT molecular complexity index is 960. The van der Waals surface area contributed by atoms with Crippen LogP contribution in [-0.4, -0.2) is 40.7 Å². The third kappa shape index (κ3) is 3.36. The lowest BCUT2D eigenvalue weighted by Crippen LogP contribution is -2.29. The van der Waals surface area contributed by atoms with Crippen molar-refractivity contribution in [2.75, 3.05) is 36.9 Å². The zero-order valence-corrected chi connectivity index (χ0v) is 14.9. The molecule has 0 amide bonds. The maximum atomic E-state index is 12.7. The quantitative estimate of drug-likeness (QED) is 0.626. The second-order valence-corrected chi connectivity index (χ2v) is 7.33. The lowest BCUT2D eigenvalue weighted by atomic mass is 10.2. The van der Waals surface area contributed by atoms with Gasteiger partial charge in [0.05, 0.1) is 34.8 Å². The van der Waals surface area contributed by atoms with E-state index in [0.29, 0.717) is 24.6 Å². The molecule has 0 saturated carbocycles. The van der Waals surface area contributed by atoms with Gasteiger partial charge < -0.3 is 14.4 Å². The first-order valence-corrected chi connectivity index (χ1v) is 9.13. The number of sulfonamides is 1. The first-order chi connectivity index (χ1) is 12.3. The summed E-state index contributed by atoms with van der Waals surface area (Å²) in [6.45, 7) is 1.17. The van der Waals surface area contributed by atoms with Gasteiger partial charge in [0.15, 0.2) is 0 Å². The number of likely N-dealkylation sites (N-methyl/N-ethyl adjacent to an activating group) is 1. The molecule has 9 nitrogen and oxygen atoms in total. The first-order valence-electron chi connectivity index (χ1n) is 7.65. The fraction of sp³-hybridized carbons (Fsp3) is 0.250. The Morgan fingerprint density at radius 1 is 1.27 bits per heavy atom. The van der Waals surface area contributed by atoms with Crippen molar-refractivity contribution in [2.45, 2.75) is 4.90 Å². The van der Waals surface area contributed by atoms with Gasteiger partial charge in [-0.05, 0) is 24.3 Å². The molecule has 0 saturated heterocycles. The van der Waals surface area contributed by atoms with E-state index in [1.54, 1.807) is 6.07 Å². The third-order valence-electron chi connectivity index (χ3n) is 3.97. The predicted molar refractivity (Wildman–Crippen MR) is 95.7 cm³/mol. The number of benzene rings is 2. The van der Waals surface area contributed by atoms with Gasteiger partial charge in [0.25, 0.3) is 15.7 Å². The van der Waals surface area contributed by atoms with Gasteiger partial charge in [-0.3, -0.25) is 14.8 Å². The molecule has 0 atom stereocenters. The van der Waals surface area contributed by atoms with Crippen molar-refractivity contribution in [1.29, 1.82) is 0 Å². The number of hydrogen-bond donors (Lipinski definition) is 1. The topological polar surface area (TPSA) is 111 Å². The Balaban J connectivity index is 1.98. The maximum Gasteiger partial charge on any atom is 0.271 e. The average molecular weight is 379 g/mol. The SMILES string of the molecule is COc1ccc([N+](=O)[O-])cc1NS(=O)(=O)c1ccc2c(c1)N(C)CCO2. The lowest BCUT2D eigenvalue weighted by molar-refractivity contribution is -0.384. The Hall–Kier alpha value is -3.01. The number of methoxy groups -OCH3 is 1. The van der Waals surface area contributed by atoms with Gasteiger partial charge in [0, 0.05) is 19.2 Å². The fourth-order valence-electron chi connectivity index (χ4n) is 2.59. The highest BCUT2D eigenvalue weighted by atomic mass is 32.2. The van der Waals surface area contributed by atoms with Crippen molar-refractivity contribution in [2.24, 2.45) is 0 Å². The molecule has 1 aliphatic heterocycles. The Labute approximate surface area is 150 Å². The van der Waals surface area contributed by atoms with Crippen LogP contribution in [0.25, 0.3) is 0 Å². The molecule has 138 valence electrons. The Morgan fingerprint density at radius 3 is 2.73 bits per heavy atom. The smallest absolute Gasteiger partial charge is 0.271 e. The molecule has 0 spiro atoms. The Morgan fingerprint density at radius 2 is 2.04 bits per heavy atom. The summed E-state index contributed by atoms with van der Waals surface area (Å²) in [5.74, 6) is 0.781. The predicted octanol–water partition coefficient (Wildman–Crippen LogP) is 2.23. The lowest BCUT2D eigenvalue weighted by Gasteiger charge is -2.28. The van der Waals surface area contributed by atoms with Crippen molar-refractivity contribution in [1.82, 2.24) is 0 Å². The number of nitro benzene ring substituents is 1. The van der Waals surface area contributed by atoms with Crippen LogP contribution in [0.3, 0.4) is 0 Å². The van der Waals surface area contributed by atoms with E-state index >= 15 is 0 Å². The number of nitrogens with zero attached hydrogens (tertiary/aromatic N) is 2. The van der Waals surface area contributed by atoms with E-state index in [-0.39, 0.29) is 22.0 Å². The van der Waals surface area contributed by atoms with Crippen molar-refractivity contribution < 1.29 is 22.8 Å². The van der Waals surface area contributed by atoms with Crippen LogP contribution in [-0.2, 0) is 10.0 Å². The summed E-state index contributed by atoms with van der Waals surface area (Å²) in [4.78, 5) is 12.3. The van der Waals surface area contributed by atoms with E-state index in [2.05, 4.69) is 4.72 Å². The van der Waals surface area contributed by atoms with Crippen molar-refractivity contribution in [3.05, 3.63) is 46.5 Å². The van der Waals surface area contributed by atoms with Crippen molar-refractivity contribution in [3.8, 4) is 11.5 Å². The summed E-state index contributed by atoms with van der Waals surface area (Å²) in [6, 6.07) is 8.20. The fourth-order valence-corrected chi connectivity index (χ4v) is 3.67. The number of nitrogens with one attached hydrogen (secondary N) is 1. The summed E-state index contributed by atoms with van der Waals surface area (Å²) in [5, 5.41) is 11.0. The van der Waals surface area contributed by atoms with Crippen LogP contribution in [0.15, 0.2) is 41.3 Å². The van der Waals surface area contributed by atoms with Crippen LogP contribution in [0.1, 0.15) is 0 Å². The highest BCUT2D eigenvalue weighted by Gasteiger charge is 2.23. The number of fused-ring (bicyclic) bond motifs is 1. The molecular weight excluding hydrogens is 362 g/mol. The van der Waals surface area contributed by atoms with E-state index < -0.39 is 14.9 Å². The summed E-state index contributed by atoms with van der Waals surface area (Å²) in [5.41, 5.74) is 0.399. The molecule has 2 aromatic rings. The van der Waals surface area contributed by atoms with Gasteiger partial charge in [-0.1, -0.05) is 0 Å². The van der Waals surface area contributed by atoms with E-state index in [1.165, 1.54) is 31.4 Å². The number of rotatable bonds is 5. The third-order valence-corrected chi connectivity index (χ3v) is 5.34. The second kappa shape index (κ2) is 6.71. The normalized spacial score (nSPS) is 13.5. The van der Waals surface area contributed by atoms with E-state index in [1.807, 2.05) is 11.9 Å². The van der Waals surface area contributed by atoms with Gasteiger partial charge >= 0.3 is 0 Å². The van der Waals surface area contributed by atoms with Crippen LogP contribution in [0.2, 0.25) is 0 Å². The summed E-state index contributed by atoms with van der Waals surface area (Å²) in [6.07, 6.45) is 0. The number of non-ortho nitro benzene ring substituents is 1. The number of hydrogen-bond acceptors (Lipinski definition) is 7. The van der Waals surface area contributed by atoms with Crippen LogP contribution in [0, 0.1) is 10.1 Å². The standard InChI is InChI=1S/C16H17N3O6S/c1-18-7-8-25-16-6-4-12(10-14(16)18)26(22,23)17-13-9-11(19(20)21)3-5-15(13)24-2/h3-6,9-10,17H,7-8H2,1-2H3. The molecule has 1 N–H and O–H groups in total. The number of nitro groups is 1. The van der Waals surface area contributed by atoms with Crippen molar-refractivity contribution >= 4 is 27.1 Å². The van der Waals surface area contributed by atoms with Crippen LogP contribution >= 0.6 is 0 Å². The molecule has 0 radical (unpaired) electrons. The van der Waals surface area contributed by atoms with Gasteiger partial charge in [0.1, 0.15) is 18.1 Å². The number of ether oxygens (including phenoxy) is 2. The van der Waals surface area contributed by atoms with E-state index in [9.17, 15) is 18.5 Å². The molecule has 0 aliphatic carbocycles. The molecule has 1 heterocycles. The minimum absolute atomic E-state index is 0.0102. The first kappa shape index (κ1) is 17.8. The van der Waals surface area contributed by atoms with Crippen molar-refractivity contribution in [3.63, 3.8) is 0 Å². The molecule has 1 aliphatic rings. The molecule has 2 aromatic carbocycles. The van der Waals surface area contributed by atoms with Crippen LogP contribution in [0.4, 0.5) is 17.1 Å². The molecule has 0 bridgehead atoms. The molecule has 0 aromatic heterocycles. The van der Waals surface area contributed by atoms with Crippen LogP contribution < -0.4 is 19.1 Å². The van der Waals surface area contributed by atoms with Crippen LogP contribution in [0.5, 0.6) is 11.5 Å². The van der Waals surface area contributed by atoms with Gasteiger partial charge in [0.2, 0.25) is 0 Å². The number of anilines is 2. The minimum atomic E-state index is -3.98. The maximum absolute atomic E-state index is 12.7. The zero-order valence-electron chi connectivity index (χ0n) is 14.1. The average Bonchev–Trinajstić information content (AvgIpc) is 2.61. The van der Waals surface area contributed by atoms with Gasteiger partial charge in [-0.25, -0.2) is 8.42 Å². The molecule has 0 unspecified atom stereocenters. The summed E-state index contributed by atoms with van der Waals surface area (Å²) >= 11 is 0. The monoisotopic (exact) mass is 379 g/mol. The molecular formula is C16H17N3O6S. The highest BCUT2D eigenvalue weighted by molar-refractivity contribution is 7.92. The Kier molecular flexibility index (Phi) is 4.60. The van der Waals surface area contributed by atoms with E-state index in [0.717, 1.165) is 6.07 Å². The molecule has 0 fully saturated rings. The van der Waals surface area contributed by atoms with Gasteiger partial charge in [-0.2, -0.15) is 0 Å². The largest absolute Gasteiger partial charge is 0.495 e. The van der Waals surface area contributed by atoms with Gasteiger partial charge in [-0.15, -0.1) is 0 Å². The molecule has 10 heteroatoms. The highest BCUT2D eigenvalue weighted by Crippen LogP contribution is 2.35. The summed E-state index contributed by atoms with van der Waals surface area (Å²) < 4.78 is 38.4. The minimum Gasteiger partial charge on any atom is -0.495 e. The zero-order chi connectivity index (χ0) is 18.9. The molecule has 26 heavy (non-hydrogen) atoms. The summed E-state index contributed by atoms with van der Waals surface area (Å²) in [7, 11) is -0.787. The van der Waals surface area contributed by atoms with E-state index in [4.69, 9.17) is 9.47 Å². The second-order valence-electron chi connectivity index (χ2n) is 5.65. The molecule has 3 rings (SSSR count).